The second-order valence-corrected chi connectivity index (χ2v) is 7.34. The maximum atomic E-state index is 14.2. The first-order valence-corrected chi connectivity index (χ1v) is 8.73. The van der Waals surface area contributed by atoms with Crippen LogP contribution in [0, 0.1) is 5.82 Å². The van der Waals surface area contributed by atoms with Gasteiger partial charge in [0.05, 0.1) is 9.85 Å². The standard InChI is InChI=1S/C15H8Br2ClFS/c16-11-5-2-4-9(14(11)19)13(18)10-7-20-15-8(10)3-1-6-12(15)17/h1-7,13H. The molecule has 102 valence electrons. The van der Waals surface area contributed by atoms with E-state index in [0.29, 0.717) is 10.0 Å². The van der Waals surface area contributed by atoms with Gasteiger partial charge in [-0.3, -0.25) is 0 Å². The van der Waals surface area contributed by atoms with Gasteiger partial charge in [-0.05, 0) is 60.3 Å². The van der Waals surface area contributed by atoms with Gasteiger partial charge in [0.2, 0.25) is 0 Å². The highest BCUT2D eigenvalue weighted by atomic mass is 79.9. The summed E-state index contributed by atoms with van der Waals surface area (Å²) in [7, 11) is 0. The van der Waals surface area contributed by atoms with Gasteiger partial charge in [0.25, 0.3) is 0 Å². The summed E-state index contributed by atoms with van der Waals surface area (Å²) in [4.78, 5) is 0. The Bertz CT molecular complexity index is 785. The van der Waals surface area contributed by atoms with Crippen LogP contribution in [0.2, 0.25) is 0 Å². The molecule has 0 aliphatic carbocycles. The fourth-order valence-electron chi connectivity index (χ4n) is 2.12. The van der Waals surface area contributed by atoms with Crippen LogP contribution < -0.4 is 0 Å². The lowest BCUT2D eigenvalue weighted by Gasteiger charge is -2.11. The zero-order chi connectivity index (χ0) is 14.3. The number of thiophene rings is 1. The molecule has 3 rings (SSSR count). The minimum Gasteiger partial charge on any atom is -0.205 e. The highest BCUT2D eigenvalue weighted by Crippen LogP contribution is 2.41. The minimum absolute atomic E-state index is 0.304. The van der Waals surface area contributed by atoms with E-state index in [-0.39, 0.29) is 5.82 Å². The van der Waals surface area contributed by atoms with Gasteiger partial charge in [0.15, 0.2) is 0 Å². The van der Waals surface area contributed by atoms with Crippen LogP contribution in [-0.2, 0) is 0 Å². The van der Waals surface area contributed by atoms with E-state index in [1.807, 2.05) is 23.6 Å². The first kappa shape index (κ1) is 14.5. The van der Waals surface area contributed by atoms with Crippen LogP contribution in [0.4, 0.5) is 4.39 Å². The van der Waals surface area contributed by atoms with Gasteiger partial charge in [0, 0.05) is 14.7 Å². The van der Waals surface area contributed by atoms with Gasteiger partial charge >= 0.3 is 0 Å². The monoisotopic (exact) mass is 432 g/mol. The molecule has 20 heavy (non-hydrogen) atoms. The molecule has 0 aliphatic heterocycles. The van der Waals surface area contributed by atoms with Gasteiger partial charge in [-0.2, -0.15) is 0 Å². The molecule has 0 fully saturated rings. The van der Waals surface area contributed by atoms with Crippen molar-refractivity contribution in [3.05, 3.63) is 67.7 Å². The van der Waals surface area contributed by atoms with Crippen molar-refractivity contribution in [2.75, 3.05) is 0 Å². The molecule has 0 nitrogen and oxygen atoms in total. The van der Waals surface area contributed by atoms with E-state index < -0.39 is 5.38 Å². The summed E-state index contributed by atoms with van der Waals surface area (Å²) in [6.45, 7) is 0. The number of halogens is 4. The molecule has 1 aromatic heterocycles. The molecule has 1 heterocycles. The van der Waals surface area contributed by atoms with Crippen molar-refractivity contribution in [1.29, 1.82) is 0 Å². The molecule has 0 spiro atoms. The van der Waals surface area contributed by atoms with Crippen molar-refractivity contribution in [3.8, 4) is 0 Å². The van der Waals surface area contributed by atoms with Gasteiger partial charge < -0.3 is 0 Å². The Morgan fingerprint density at radius 2 is 1.70 bits per heavy atom. The molecular formula is C15H8Br2ClFS. The van der Waals surface area contributed by atoms with E-state index >= 15 is 0 Å². The second kappa shape index (κ2) is 5.76. The van der Waals surface area contributed by atoms with E-state index in [1.54, 1.807) is 29.5 Å². The fourth-order valence-corrected chi connectivity index (χ4v) is 4.58. The molecule has 0 radical (unpaired) electrons. The highest BCUT2D eigenvalue weighted by molar-refractivity contribution is 9.11. The molecule has 1 unspecified atom stereocenters. The summed E-state index contributed by atoms with van der Waals surface area (Å²) in [6.07, 6.45) is 0. The van der Waals surface area contributed by atoms with Crippen LogP contribution in [0.25, 0.3) is 10.1 Å². The fraction of sp³-hybridized carbons (Fsp3) is 0.0667. The molecule has 0 saturated carbocycles. The van der Waals surface area contributed by atoms with Crippen LogP contribution in [0.1, 0.15) is 16.5 Å². The average Bonchev–Trinajstić information content (AvgIpc) is 2.86. The van der Waals surface area contributed by atoms with Gasteiger partial charge in [-0.25, -0.2) is 4.39 Å². The van der Waals surface area contributed by atoms with Gasteiger partial charge in [-0.1, -0.05) is 24.3 Å². The van der Waals surface area contributed by atoms with Crippen LogP contribution in [0.3, 0.4) is 0 Å². The lowest BCUT2D eigenvalue weighted by Crippen LogP contribution is -1.96. The molecule has 0 aliphatic rings. The summed E-state index contributed by atoms with van der Waals surface area (Å²) in [5.74, 6) is -0.304. The lowest BCUT2D eigenvalue weighted by molar-refractivity contribution is 0.606. The molecule has 3 aromatic rings. The summed E-state index contributed by atoms with van der Waals surface area (Å²) in [5.41, 5.74) is 1.42. The topological polar surface area (TPSA) is 0 Å². The van der Waals surface area contributed by atoms with Crippen molar-refractivity contribution in [3.63, 3.8) is 0 Å². The van der Waals surface area contributed by atoms with Gasteiger partial charge in [0.1, 0.15) is 5.82 Å². The summed E-state index contributed by atoms with van der Waals surface area (Å²) in [5, 5.41) is 2.55. The molecule has 2 aromatic carbocycles. The Kier molecular flexibility index (Phi) is 4.18. The highest BCUT2D eigenvalue weighted by Gasteiger charge is 2.20. The average molecular weight is 435 g/mol. The number of hydrogen-bond donors (Lipinski definition) is 0. The summed E-state index contributed by atoms with van der Waals surface area (Å²) in [6, 6.07) is 11.2. The Balaban J connectivity index is 2.16. The Morgan fingerprint density at radius 1 is 1.00 bits per heavy atom. The number of benzene rings is 2. The van der Waals surface area contributed by atoms with Crippen LogP contribution >= 0.6 is 54.8 Å². The van der Waals surface area contributed by atoms with Gasteiger partial charge in [-0.15, -0.1) is 22.9 Å². The SMILES string of the molecule is Fc1c(Br)cccc1C(Cl)c1csc2c(Br)cccc12. The molecular weight excluding hydrogens is 426 g/mol. The number of rotatable bonds is 2. The predicted octanol–water partition coefficient (Wildman–Crippen LogP) is 6.89. The Hall–Kier alpha value is -0.420. The van der Waals surface area contributed by atoms with E-state index in [9.17, 15) is 4.39 Å². The smallest absolute Gasteiger partial charge is 0.142 e. The quantitative estimate of drug-likeness (QED) is 0.385. The Labute approximate surface area is 141 Å². The van der Waals surface area contributed by atoms with Crippen molar-refractivity contribution in [1.82, 2.24) is 0 Å². The third-order valence-corrected chi connectivity index (χ3v) is 6.16. The van der Waals surface area contributed by atoms with E-state index in [0.717, 1.165) is 20.1 Å². The maximum Gasteiger partial charge on any atom is 0.142 e. The van der Waals surface area contributed by atoms with Crippen molar-refractivity contribution >= 4 is 64.9 Å². The largest absolute Gasteiger partial charge is 0.205 e. The van der Waals surface area contributed by atoms with Crippen LogP contribution in [-0.4, -0.2) is 0 Å². The first-order chi connectivity index (χ1) is 9.59. The Morgan fingerprint density at radius 3 is 2.50 bits per heavy atom. The number of alkyl halides is 1. The molecule has 0 amide bonds. The third-order valence-electron chi connectivity index (χ3n) is 3.11. The van der Waals surface area contributed by atoms with Crippen molar-refractivity contribution in [2.45, 2.75) is 5.38 Å². The summed E-state index contributed by atoms with van der Waals surface area (Å²) >= 11 is 14.8. The number of hydrogen-bond acceptors (Lipinski definition) is 1. The first-order valence-electron chi connectivity index (χ1n) is 5.83. The normalized spacial score (nSPS) is 12.8. The van der Waals surface area contributed by atoms with Crippen molar-refractivity contribution < 1.29 is 4.39 Å². The minimum atomic E-state index is -0.504. The lowest BCUT2D eigenvalue weighted by atomic mass is 10.0. The van der Waals surface area contributed by atoms with E-state index in [1.165, 1.54) is 0 Å². The second-order valence-electron chi connectivity index (χ2n) is 4.31. The van der Waals surface area contributed by atoms with Crippen LogP contribution in [0.5, 0.6) is 0 Å². The number of fused-ring (bicyclic) bond motifs is 1. The van der Waals surface area contributed by atoms with E-state index in [4.69, 9.17) is 11.6 Å². The maximum absolute atomic E-state index is 14.2. The molecule has 5 heteroatoms. The van der Waals surface area contributed by atoms with Crippen LogP contribution in [0.15, 0.2) is 50.7 Å². The molecule has 0 saturated heterocycles. The zero-order valence-electron chi connectivity index (χ0n) is 10.0. The van der Waals surface area contributed by atoms with E-state index in [2.05, 4.69) is 31.9 Å². The zero-order valence-corrected chi connectivity index (χ0v) is 14.8. The molecule has 1 atom stereocenters. The molecule has 0 N–H and O–H groups in total. The summed E-state index contributed by atoms with van der Waals surface area (Å²) < 4.78 is 16.8. The third kappa shape index (κ3) is 2.43. The molecule has 0 bridgehead atoms. The predicted molar refractivity (Wildman–Crippen MR) is 91.3 cm³/mol. The van der Waals surface area contributed by atoms with Crippen molar-refractivity contribution in [2.24, 2.45) is 0 Å².